The van der Waals surface area contributed by atoms with Crippen LogP contribution in [0.15, 0.2) is 9.98 Å². The zero-order valence-electron chi connectivity index (χ0n) is 4.24. The minimum Gasteiger partial charge on any atom is -0.375 e. The maximum absolute atomic E-state index is 5.26. The Hall–Kier alpha value is 0.350. The summed E-state index contributed by atoms with van der Waals surface area (Å²) in [5.41, 5.74) is 5.26. The Morgan fingerprint density at radius 1 is 1.67 bits per heavy atom. The number of rotatable bonds is 0. The summed E-state index contributed by atoms with van der Waals surface area (Å²) in [5, 5.41) is 0.604. The maximum Gasteiger partial charge on any atom is 0.181 e. The molecule has 6 heteroatoms. The smallest absolute Gasteiger partial charge is 0.181 e. The molecule has 0 aromatic carbocycles. The molecule has 9 heavy (non-hydrogen) atoms. The van der Waals surface area contributed by atoms with Gasteiger partial charge in [0.25, 0.3) is 0 Å². The van der Waals surface area contributed by atoms with E-state index in [1.54, 1.807) is 6.20 Å². The third kappa shape index (κ3) is 3.85. The molecule has 0 atom stereocenters. The Kier molecular flexibility index (Phi) is 6.92. The van der Waals surface area contributed by atoms with Crippen LogP contribution in [0.3, 0.4) is 0 Å². The van der Waals surface area contributed by atoms with Gasteiger partial charge < -0.3 is 5.73 Å². The predicted molar refractivity (Wildman–Crippen MR) is 46.7 cm³/mol. The largest absolute Gasteiger partial charge is 0.375 e. The van der Waals surface area contributed by atoms with Crippen molar-refractivity contribution in [2.24, 2.45) is 0 Å². The number of anilines is 1. The minimum atomic E-state index is 0. The molecule has 0 saturated heterocycles. The summed E-state index contributed by atoms with van der Waals surface area (Å²) in [6.45, 7) is 0. The van der Waals surface area contributed by atoms with Crippen LogP contribution in [-0.4, -0.2) is 4.98 Å². The van der Waals surface area contributed by atoms with Gasteiger partial charge in [0.05, 0.1) is 9.98 Å². The van der Waals surface area contributed by atoms with Crippen LogP contribution in [0.2, 0.25) is 0 Å². The molecule has 2 N–H and O–H groups in total. The summed E-state index contributed by atoms with van der Waals surface area (Å²) in [6, 6.07) is 0. The van der Waals surface area contributed by atoms with E-state index in [1.807, 2.05) is 0 Å². The number of aromatic nitrogens is 1. The van der Waals surface area contributed by atoms with Gasteiger partial charge in [-0.2, -0.15) is 0 Å². The lowest BCUT2D eigenvalue weighted by Gasteiger charge is -1.69. The Morgan fingerprint density at radius 2 is 2.22 bits per heavy atom. The molecule has 0 fully saturated rings. The Balaban J connectivity index is 0. The molecule has 51 valence electrons. The second-order valence-corrected chi connectivity index (χ2v) is 3.44. The monoisotopic (exact) mass is 272 g/mol. The number of hydrogen-bond acceptors (Lipinski definition) is 3. The van der Waals surface area contributed by atoms with Crippen molar-refractivity contribution in [2.45, 2.75) is 0 Å². The Morgan fingerprint density at radius 3 is 2.33 bits per heavy atom. The number of nitrogen functional groups attached to an aromatic ring is 1. The predicted octanol–water partition coefficient (Wildman–Crippen LogP) is 1.59. The fourth-order valence-corrected chi connectivity index (χ4v) is 1.28. The van der Waals surface area contributed by atoms with Gasteiger partial charge in [-0.15, -0.1) is 17.0 Å². The first-order valence-electron chi connectivity index (χ1n) is 1.66. The van der Waals surface area contributed by atoms with Crippen molar-refractivity contribution in [1.82, 2.24) is 11.1 Å². The topological polar surface area (TPSA) is 69.4 Å². The molecule has 1 rings (SSSR count). The molecule has 0 aliphatic carbocycles. The minimum absolute atomic E-state index is 0. The molecular formula is C3H4Br2N3S. The number of thiazole rings is 1. The lowest BCUT2D eigenvalue weighted by Crippen LogP contribution is -1.77. The van der Waals surface area contributed by atoms with Crippen LogP contribution >= 0.6 is 44.2 Å². The molecule has 3 nitrogen and oxygen atoms in total. The van der Waals surface area contributed by atoms with E-state index in [0.29, 0.717) is 5.13 Å². The highest BCUT2D eigenvalue weighted by Gasteiger charge is 1.88. The molecule has 0 amide bonds. The highest BCUT2D eigenvalue weighted by atomic mass is 79.9. The van der Waals surface area contributed by atoms with E-state index in [2.05, 4.69) is 20.9 Å². The van der Waals surface area contributed by atoms with E-state index in [4.69, 9.17) is 5.73 Å². The zero-order chi connectivity index (χ0) is 5.28. The van der Waals surface area contributed by atoms with Gasteiger partial charge in [0.15, 0.2) is 5.13 Å². The fraction of sp³-hybridized carbons (Fsp3) is 0. The summed E-state index contributed by atoms with van der Waals surface area (Å²) in [7, 11) is 0. The van der Waals surface area contributed by atoms with Crippen molar-refractivity contribution in [3.63, 3.8) is 0 Å². The van der Waals surface area contributed by atoms with Gasteiger partial charge >= 0.3 is 0 Å². The highest BCUT2D eigenvalue weighted by Crippen LogP contribution is 2.19. The van der Waals surface area contributed by atoms with E-state index in [-0.39, 0.29) is 23.1 Å². The summed E-state index contributed by atoms with van der Waals surface area (Å²) >= 11 is 4.63. The summed E-state index contributed by atoms with van der Waals surface area (Å²) in [4.78, 5) is 3.77. The molecule has 1 heterocycles. The average Bonchev–Trinajstić information content (AvgIpc) is 1.87. The first-order valence-corrected chi connectivity index (χ1v) is 3.27. The summed E-state index contributed by atoms with van der Waals surface area (Å²) in [5.74, 6) is 0. The van der Waals surface area contributed by atoms with Crippen molar-refractivity contribution in [3.8, 4) is 0 Å². The van der Waals surface area contributed by atoms with Crippen LogP contribution < -0.4 is 11.9 Å². The van der Waals surface area contributed by atoms with Gasteiger partial charge in [-0.1, -0.05) is 11.3 Å². The fourth-order valence-electron chi connectivity index (χ4n) is 0.267. The van der Waals surface area contributed by atoms with Gasteiger partial charge in [0.1, 0.15) is 0 Å². The van der Waals surface area contributed by atoms with E-state index in [0.717, 1.165) is 3.79 Å². The van der Waals surface area contributed by atoms with Gasteiger partial charge in [-0.3, -0.25) is 0 Å². The lowest BCUT2D eigenvalue weighted by atomic mass is 11.0. The quantitative estimate of drug-likeness (QED) is 0.780. The first-order chi connectivity index (χ1) is 3.29. The van der Waals surface area contributed by atoms with Crippen LogP contribution in [-0.2, 0) is 0 Å². The molecule has 0 bridgehead atoms. The Labute approximate surface area is 76.1 Å². The molecule has 0 aliphatic rings. The first kappa shape index (κ1) is 12.1. The molecule has 1 aromatic heterocycles. The normalized spacial score (nSPS) is 7.22. The second kappa shape index (κ2) is 5.16. The van der Waals surface area contributed by atoms with E-state index in [9.17, 15) is 0 Å². The number of nitrogens with two attached hydrogens (primary N) is 1. The van der Waals surface area contributed by atoms with Crippen molar-refractivity contribution in [3.05, 3.63) is 9.98 Å². The van der Waals surface area contributed by atoms with Crippen LogP contribution in [0.5, 0.6) is 0 Å². The molecule has 0 aliphatic heterocycles. The standard InChI is InChI=1S/C3H3BrN2S.BrH.N/c4-2-1-6-3(5)7-2;;/h1H,(H2,5,6);1H;. The van der Waals surface area contributed by atoms with Gasteiger partial charge in [0, 0.05) is 6.15 Å². The zero-order valence-corrected chi connectivity index (χ0v) is 8.36. The third-order valence-electron chi connectivity index (χ3n) is 0.495. The highest BCUT2D eigenvalue weighted by molar-refractivity contribution is 9.11. The van der Waals surface area contributed by atoms with E-state index in [1.165, 1.54) is 11.3 Å². The summed E-state index contributed by atoms with van der Waals surface area (Å²) < 4.78 is 0.977. The van der Waals surface area contributed by atoms with Gasteiger partial charge in [-0.25, -0.2) is 4.98 Å². The van der Waals surface area contributed by atoms with Crippen molar-refractivity contribution in [2.75, 3.05) is 5.73 Å². The second-order valence-electron chi connectivity index (χ2n) is 1.00. The molecule has 0 saturated carbocycles. The molecule has 0 spiro atoms. The van der Waals surface area contributed by atoms with Crippen LogP contribution in [0.25, 0.3) is 0 Å². The molecule has 1 aromatic rings. The van der Waals surface area contributed by atoms with Crippen LogP contribution in [0, 0.1) is 0 Å². The molecule has 3 radical (unpaired) electrons. The Bertz CT molecular complexity index is 149. The lowest BCUT2D eigenvalue weighted by molar-refractivity contribution is 1.42. The molecule has 0 unspecified atom stereocenters. The maximum atomic E-state index is 5.26. The average molecular weight is 274 g/mol. The number of nitrogens with zero attached hydrogens (tertiary/aromatic N) is 2. The number of halogens is 2. The van der Waals surface area contributed by atoms with Gasteiger partial charge in [0.2, 0.25) is 0 Å². The third-order valence-corrected chi connectivity index (χ3v) is 1.80. The van der Waals surface area contributed by atoms with Crippen LogP contribution in [0.1, 0.15) is 0 Å². The SMILES string of the molecule is Br.Nc1ncc(Br)s1.[N]. The van der Waals surface area contributed by atoms with Crippen molar-refractivity contribution < 1.29 is 0 Å². The van der Waals surface area contributed by atoms with E-state index >= 15 is 0 Å². The van der Waals surface area contributed by atoms with Crippen LogP contribution in [0.4, 0.5) is 5.13 Å². The van der Waals surface area contributed by atoms with Crippen molar-refractivity contribution >= 4 is 49.4 Å². The number of hydrogen-bond donors (Lipinski definition) is 1. The summed E-state index contributed by atoms with van der Waals surface area (Å²) in [6.07, 6.45) is 1.68. The van der Waals surface area contributed by atoms with Crippen molar-refractivity contribution in [1.29, 1.82) is 0 Å². The van der Waals surface area contributed by atoms with E-state index < -0.39 is 0 Å². The molecular weight excluding hydrogens is 270 g/mol. The van der Waals surface area contributed by atoms with Gasteiger partial charge in [-0.05, 0) is 15.9 Å².